The van der Waals surface area contributed by atoms with Gasteiger partial charge in [-0.3, -0.25) is 0 Å². The molecule has 0 heterocycles. The van der Waals surface area contributed by atoms with E-state index in [1.165, 1.54) is 12.1 Å². The largest absolute Gasteiger partial charge is 0.544 e. The summed E-state index contributed by atoms with van der Waals surface area (Å²) < 4.78 is 25.7. The van der Waals surface area contributed by atoms with Gasteiger partial charge in [0.25, 0.3) is 0 Å². The van der Waals surface area contributed by atoms with Gasteiger partial charge in [0.05, 0.1) is 5.97 Å². The van der Waals surface area contributed by atoms with Gasteiger partial charge in [0.2, 0.25) is 0 Å². The number of quaternary nitrogens is 1. The monoisotopic (exact) mass is 201 g/mol. The van der Waals surface area contributed by atoms with Crippen molar-refractivity contribution in [3.05, 3.63) is 35.4 Å². The van der Waals surface area contributed by atoms with Crippen LogP contribution in [-0.4, -0.2) is 12.0 Å². The summed E-state index contributed by atoms with van der Waals surface area (Å²) in [6.07, 6.45) is -0.175. The van der Waals surface area contributed by atoms with E-state index in [-0.39, 0.29) is 12.0 Å². The van der Waals surface area contributed by atoms with Gasteiger partial charge in [-0.2, -0.15) is 0 Å². The average molecular weight is 201 g/mol. The molecule has 0 aliphatic rings. The standard InChI is InChI=1S/C9H9F2NO2/c10-6-3-1-2-5(8(6)11)4-7(12)9(13)14/h1-3,7H,4,12H2,(H,13,14)/t7-/m1/s1. The average Bonchev–Trinajstić information content (AvgIpc) is 2.12. The zero-order chi connectivity index (χ0) is 10.7. The highest BCUT2D eigenvalue weighted by Crippen LogP contribution is 2.12. The van der Waals surface area contributed by atoms with Crippen molar-refractivity contribution in [3.63, 3.8) is 0 Å². The maximum atomic E-state index is 13.0. The lowest BCUT2D eigenvalue weighted by Crippen LogP contribution is -2.69. The first-order chi connectivity index (χ1) is 6.52. The van der Waals surface area contributed by atoms with Crippen LogP contribution in [0.25, 0.3) is 0 Å². The molecular weight excluding hydrogens is 192 g/mol. The van der Waals surface area contributed by atoms with Crippen molar-refractivity contribution in [1.29, 1.82) is 0 Å². The number of benzene rings is 1. The summed E-state index contributed by atoms with van der Waals surface area (Å²) in [5, 5.41) is 10.3. The molecule has 0 saturated carbocycles. The van der Waals surface area contributed by atoms with Crippen molar-refractivity contribution in [2.45, 2.75) is 12.5 Å². The fourth-order valence-corrected chi connectivity index (χ4v) is 1.05. The van der Waals surface area contributed by atoms with E-state index in [1.54, 1.807) is 0 Å². The minimum Gasteiger partial charge on any atom is -0.544 e. The molecule has 0 amide bonds. The Morgan fingerprint density at radius 3 is 2.71 bits per heavy atom. The third-order valence-electron chi connectivity index (χ3n) is 1.83. The van der Waals surface area contributed by atoms with Gasteiger partial charge in [0, 0.05) is 6.42 Å². The molecule has 3 N–H and O–H groups in total. The third-order valence-corrected chi connectivity index (χ3v) is 1.83. The molecule has 3 nitrogen and oxygen atoms in total. The Bertz CT molecular complexity index is 355. The fourth-order valence-electron chi connectivity index (χ4n) is 1.05. The van der Waals surface area contributed by atoms with E-state index in [4.69, 9.17) is 0 Å². The van der Waals surface area contributed by atoms with Crippen LogP contribution in [0.5, 0.6) is 0 Å². The smallest absolute Gasteiger partial charge is 0.162 e. The Morgan fingerprint density at radius 1 is 1.50 bits per heavy atom. The summed E-state index contributed by atoms with van der Waals surface area (Å²) in [4.78, 5) is 10.3. The third kappa shape index (κ3) is 2.26. The van der Waals surface area contributed by atoms with E-state index in [0.29, 0.717) is 0 Å². The number of carboxylic acids is 1. The van der Waals surface area contributed by atoms with Crippen molar-refractivity contribution in [2.24, 2.45) is 0 Å². The van der Waals surface area contributed by atoms with Crippen LogP contribution in [0, 0.1) is 11.6 Å². The summed E-state index contributed by atoms with van der Waals surface area (Å²) in [5.74, 6) is -3.40. The van der Waals surface area contributed by atoms with E-state index < -0.39 is 23.6 Å². The summed E-state index contributed by atoms with van der Waals surface area (Å²) in [5.41, 5.74) is 3.25. The Kier molecular flexibility index (Phi) is 3.14. The molecule has 1 rings (SSSR count). The van der Waals surface area contributed by atoms with Gasteiger partial charge in [-0.15, -0.1) is 0 Å². The quantitative estimate of drug-likeness (QED) is 0.672. The van der Waals surface area contributed by atoms with Gasteiger partial charge in [-0.25, -0.2) is 8.78 Å². The highest BCUT2D eigenvalue weighted by atomic mass is 19.2. The number of halogens is 2. The van der Waals surface area contributed by atoms with Crippen LogP contribution in [0.15, 0.2) is 18.2 Å². The molecule has 0 aliphatic carbocycles. The maximum absolute atomic E-state index is 13.0. The fraction of sp³-hybridized carbons (Fsp3) is 0.222. The molecule has 5 heteroatoms. The number of hydrogen-bond donors (Lipinski definition) is 1. The SMILES string of the molecule is [NH3+][C@H](Cc1cccc(F)c1F)C(=O)[O-]. The van der Waals surface area contributed by atoms with E-state index in [2.05, 4.69) is 5.73 Å². The molecule has 0 aromatic heterocycles. The van der Waals surface area contributed by atoms with Gasteiger partial charge in [0.15, 0.2) is 11.6 Å². The Labute approximate surface area is 79.2 Å². The summed E-state index contributed by atoms with van der Waals surface area (Å²) >= 11 is 0. The van der Waals surface area contributed by atoms with Crippen LogP contribution in [-0.2, 0) is 11.2 Å². The molecule has 0 unspecified atom stereocenters. The molecule has 0 radical (unpaired) electrons. The lowest BCUT2D eigenvalue weighted by molar-refractivity contribution is -0.437. The zero-order valence-electron chi connectivity index (χ0n) is 7.30. The second-order valence-corrected chi connectivity index (χ2v) is 2.93. The van der Waals surface area contributed by atoms with Gasteiger partial charge < -0.3 is 15.6 Å². The lowest BCUT2D eigenvalue weighted by atomic mass is 10.1. The van der Waals surface area contributed by atoms with Crippen LogP contribution in [0.3, 0.4) is 0 Å². The molecule has 14 heavy (non-hydrogen) atoms. The predicted octanol–water partition coefficient (Wildman–Crippen LogP) is -1.13. The van der Waals surface area contributed by atoms with Crippen LogP contribution >= 0.6 is 0 Å². The summed E-state index contributed by atoms with van der Waals surface area (Å²) in [6, 6.07) is 2.52. The molecule has 0 saturated heterocycles. The molecular formula is C9H9F2NO2. The lowest BCUT2D eigenvalue weighted by Gasteiger charge is -2.09. The first-order valence-electron chi connectivity index (χ1n) is 3.99. The zero-order valence-corrected chi connectivity index (χ0v) is 7.30. The van der Waals surface area contributed by atoms with Crippen LogP contribution in [0.4, 0.5) is 8.78 Å². The van der Waals surface area contributed by atoms with E-state index in [0.717, 1.165) is 6.07 Å². The van der Waals surface area contributed by atoms with Crippen molar-refractivity contribution in [1.82, 2.24) is 0 Å². The van der Waals surface area contributed by atoms with Crippen molar-refractivity contribution in [3.8, 4) is 0 Å². The van der Waals surface area contributed by atoms with Crippen LogP contribution in [0.1, 0.15) is 5.56 Å². The predicted molar refractivity (Wildman–Crippen MR) is 41.7 cm³/mol. The molecule has 0 fully saturated rings. The highest BCUT2D eigenvalue weighted by Gasteiger charge is 2.14. The Morgan fingerprint density at radius 2 is 2.14 bits per heavy atom. The van der Waals surface area contributed by atoms with Gasteiger partial charge in [0.1, 0.15) is 6.04 Å². The second kappa shape index (κ2) is 4.15. The van der Waals surface area contributed by atoms with E-state index in [1.807, 2.05) is 0 Å². The molecule has 0 aliphatic heterocycles. The normalized spacial score (nSPS) is 12.5. The van der Waals surface area contributed by atoms with Gasteiger partial charge in [-0.1, -0.05) is 12.1 Å². The minimum atomic E-state index is -1.38. The number of carboxylic acid groups (broad SMARTS) is 1. The number of rotatable bonds is 3. The first-order valence-corrected chi connectivity index (χ1v) is 3.99. The summed E-state index contributed by atoms with van der Waals surface area (Å²) in [6.45, 7) is 0. The van der Waals surface area contributed by atoms with E-state index >= 15 is 0 Å². The Balaban J connectivity index is 2.87. The number of aliphatic carboxylic acids is 1. The van der Waals surface area contributed by atoms with Crippen molar-refractivity contribution >= 4 is 5.97 Å². The van der Waals surface area contributed by atoms with Crippen LogP contribution in [0.2, 0.25) is 0 Å². The molecule has 1 aromatic carbocycles. The molecule has 1 atom stereocenters. The van der Waals surface area contributed by atoms with Gasteiger partial charge in [-0.05, 0) is 11.6 Å². The van der Waals surface area contributed by atoms with Gasteiger partial charge >= 0.3 is 0 Å². The first kappa shape index (κ1) is 10.6. The topological polar surface area (TPSA) is 67.8 Å². The maximum Gasteiger partial charge on any atom is 0.162 e. The van der Waals surface area contributed by atoms with Crippen molar-refractivity contribution in [2.75, 3.05) is 0 Å². The van der Waals surface area contributed by atoms with Crippen LogP contribution < -0.4 is 10.8 Å². The highest BCUT2D eigenvalue weighted by molar-refractivity contribution is 5.69. The minimum absolute atomic E-state index is 0.00537. The summed E-state index contributed by atoms with van der Waals surface area (Å²) in [7, 11) is 0. The molecule has 76 valence electrons. The molecule has 0 bridgehead atoms. The number of carbonyl (C=O) groups is 1. The van der Waals surface area contributed by atoms with E-state index in [9.17, 15) is 18.7 Å². The number of carbonyl (C=O) groups excluding carboxylic acids is 1. The number of hydrogen-bond acceptors (Lipinski definition) is 2. The van der Waals surface area contributed by atoms with Crippen molar-refractivity contribution < 1.29 is 24.4 Å². The molecule has 1 aromatic rings. The Hall–Kier alpha value is -1.49. The second-order valence-electron chi connectivity index (χ2n) is 2.93. The molecule has 0 spiro atoms.